The van der Waals surface area contributed by atoms with Crippen molar-refractivity contribution in [3.8, 4) is 0 Å². The number of benzene rings is 1. The quantitative estimate of drug-likeness (QED) is 0.513. The van der Waals surface area contributed by atoms with Gasteiger partial charge in [0.05, 0.1) is 5.88 Å². The summed E-state index contributed by atoms with van der Waals surface area (Å²) in [7, 11) is 0. The van der Waals surface area contributed by atoms with Crippen molar-refractivity contribution in [2.75, 3.05) is 5.88 Å². The highest BCUT2D eigenvalue weighted by Gasteiger charge is 2.06. The van der Waals surface area contributed by atoms with Crippen molar-refractivity contribution in [3.05, 3.63) is 27.3 Å². The van der Waals surface area contributed by atoms with Crippen LogP contribution in [0.5, 0.6) is 0 Å². The number of carbonyl (C=O) groups is 1. The molecule has 0 N–H and O–H groups in total. The van der Waals surface area contributed by atoms with E-state index in [2.05, 4.69) is 35.2 Å². The van der Waals surface area contributed by atoms with Crippen molar-refractivity contribution in [1.82, 2.24) is 0 Å². The molecule has 1 rings (SSSR count). The molecule has 0 aliphatic carbocycles. The molecule has 1 aromatic carbocycles. The van der Waals surface area contributed by atoms with E-state index in [9.17, 15) is 4.79 Å². The van der Waals surface area contributed by atoms with Gasteiger partial charge in [0.1, 0.15) is 0 Å². The summed E-state index contributed by atoms with van der Waals surface area (Å²) < 4.78 is 1.03. The van der Waals surface area contributed by atoms with Crippen molar-refractivity contribution in [1.29, 1.82) is 0 Å². The van der Waals surface area contributed by atoms with Crippen LogP contribution in [0.1, 0.15) is 5.56 Å². The molecule has 0 saturated carbocycles. The van der Waals surface area contributed by atoms with E-state index in [0.29, 0.717) is 6.42 Å². The van der Waals surface area contributed by atoms with E-state index in [-0.39, 0.29) is 11.7 Å². The molecule has 0 aliphatic rings. The Bertz CT molecular complexity index is 327. The Morgan fingerprint density at radius 1 is 1.54 bits per heavy atom. The summed E-state index contributed by atoms with van der Waals surface area (Å²) in [5, 5.41) is 0. The Morgan fingerprint density at radius 3 is 2.85 bits per heavy atom. The first-order valence-electron chi connectivity index (χ1n) is 3.69. The number of thiol groups is 1. The SMILES string of the molecule is O=C(CCl)Cc1cccc(S)c1I. The zero-order chi connectivity index (χ0) is 9.84. The molecular formula is C9H8ClIOS. The number of ketones is 1. The lowest BCUT2D eigenvalue weighted by molar-refractivity contribution is -0.116. The van der Waals surface area contributed by atoms with Gasteiger partial charge in [-0.05, 0) is 34.2 Å². The predicted molar refractivity (Wildman–Crippen MR) is 65.8 cm³/mol. The van der Waals surface area contributed by atoms with Gasteiger partial charge in [-0.1, -0.05) is 12.1 Å². The van der Waals surface area contributed by atoms with Crippen molar-refractivity contribution in [3.63, 3.8) is 0 Å². The van der Waals surface area contributed by atoms with Crippen LogP contribution in [0.2, 0.25) is 0 Å². The maximum absolute atomic E-state index is 11.1. The zero-order valence-electron chi connectivity index (χ0n) is 6.76. The predicted octanol–water partition coefficient (Wildman–Crippen LogP) is 2.93. The lowest BCUT2D eigenvalue weighted by Gasteiger charge is -2.04. The maximum Gasteiger partial charge on any atom is 0.151 e. The van der Waals surface area contributed by atoms with Gasteiger partial charge in [0.15, 0.2) is 5.78 Å². The zero-order valence-corrected chi connectivity index (χ0v) is 10.6. The van der Waals surface area contributed by atoms with Gasteiger partial charge in [-0.3, -0.25) is 4.79 Å². The molecule has 0 fully saturated rings. The van der Waals surface area contributed by atoms with Gasteiger partial charge in [-0.2, -0.15) is 0 Å². The Hall–Kier alpha value is 0.260. The average molecular weight is 327 g/mol. The van der Waals surface area contributed by atoms with Gasteiger partial charge >= 0.3 is 0 Å². The molecule has 0 bridgehead atoms. The topological polar surface area (TPSA) is 17.1 Å². The summed E-state index contributed by atoms with van der Waals surface area (Å²) in [5.41, 5.74) is 0.999. The lowest BCUT2D eigenvalue weighted by atomic mass is 10.1. The number of halogens is 2. The summed E-state index contributed by atoms with van der Waals surface area (Å²) in [6.45, 7) is 0. The van der Waals surface area contributed by atoms with Crippen LogP contribution in [-0.2, 0) is 11.2 Å². The second-order valence-electron chi connectivity index (χ2n) is 2.60. The van der Waals surface area contributed by atoms with E-state index >= 15 is 0 Å². The van der Waals surface area contributed by atoms with E-state index in [1.165, 1.54) is 0 Å². The second-order valence-corrected chi connectivity index (χ2v) is 4.43. The second kappa shape index (κ2) is 5.22. The molecule has 0 aliphatic heterocycles. The Labute approximate surface area is 101 Å². The largest absolute Gasteiger partial charge is 0.298 e. The van der Waals surface area contributed by atoms with E-state index in [1.807, 2.05) is 18.2 Å². The molecule has 0 heterocycles. The van der Waals surface area contributed by atoms with Crippen LogP contribution in [0.15, 0.2) is 23.1 Å². The Kier molecular flexibility index (Phi) is 4.55. The highest BCUT2D eigenvalue weighted by Crippen LogP contribution is 2.20. The number of Topliss-reactive ketones (excluding diaryl/α,β-unsaturated/α-hetero) is 1. The molecule has 1 aromatic rings. The fraction of sp³-hybridized carbons (Fsp3) is 0.222. The van der Waals surface area contributed by atoms with Crippen molar-refractivity contribution in [2.45, 2.75) is 11.3 Å². The molecular weight excluding hydrogens is 319 g/mol. The van der Waals surface area contributed by atoms with Gasteiger partial charge in [-0.25, -0.2) is 0 Å². The fourth-order valence-corrected chi connectivity index (χ4v) is 1.84. The van der Waals surface area contributed by atoms with Crippen molar-refractivity contribution < 1.29 is 4.79 Å². The third-order valence-electron chi connectivity index (χ3n) is 1.59. The van der Waals surface area contributed by atoms with Crippen LogP contribution in [0.3, 0.4) is 0 Å². The maximum atomic E-state index is 11.1. The molecule has 1 nitrogen and oxygen atoms in total. The van der Waals surface area contributed by atoms with Crippen molar-refractivity contribution >= 4 is 52.6 Å². The van der Waals surface area contributed by atoms with Crippen LogP contribution in [-0.4, -0.2) is 11.7 Å². The first-order chi connectivity index (χ1) is 6.15. The number of alkyl halides is 1. The minimum absolute atomic E-state index is 0.0403. The molecule has 70 valence electrons. The van der Waals surface area contributed by atoms with Crippen LogP contribution in [0.25, 0.3) is 0 Å². The molecule has 0 spiro atoms. The first kappa shape index (κ1) is 11.3. The standard InChI is InChI=1S/C9H8ClIOS/c10-5-7(12)4-6-2-1-3-8(13)9(6)11/h1-3,13H,4-5H2. The van der Waals surface area contributed by atoms with Gasteiger partial charge in [0.2, 0.25) is 0 Å². The summed E-state index contributed by atoms with van der Waals surface area (Å²) in [6.07, 6.45) is 0.399. The number of carbonyl (C=O) groups excluding carboxylic acids is 1. The summed E-state index contributed by atoms with van der Waals surface area (Å²) in [6, 6.07) is 5.72. The molecule has 0 radical (unpaired) electrons. The molecule has 0 saturated heterocycles. The van der Waals surface area contributed by atoms with Crippen LogP contribution < -0.4 is 0 Å². The van der Waals surface area contributed by atoms with Gasteiger partial charge in [0, 0.05) is 14.9 Å². The fourth-order valence-electron chi connectivity index (χ4n) is 0.962. The minimum Gasteiger partial charge on any atom is -0.298 e. The third-order valence-corrected chi connectivity index (χ3v) is 3.97. The summed E-state index contributed by atoms with van der Waals surface area (Å²) in [4.78, 5) is 12.0. The number of hydrogen-bond acceptors (Lipinski definition) is 2. The van der Waals surface area contributed by atoms with Crippen molar-refractivity contribution in [2.24, 2.45) is 0 Å². The lowest BCUT2D eigenvalue weighted by Crippen LogP contribution is -2.05. The molecule has 4 heteroatoms. The summed E-state index contributed by atoms with van der Waals surface area (Å²) in [5.74, 6) is 0.117. The van der Waals surface area contributed by atoms with Crippen LogP contribution in [0, 0.1) is 3.57 Å². The normalized spacial score (nSPS) is 10.1. The average Bonchev–Trinajstić information content (AvgIpc) is 2.13. The van der Waals surface area contributed by atoms with Gasteiger partial charge in [-0.15, -0.1) is 24.2 Å². The Morgan fingerprint density at radius 2 is 2.23 bits per heavy atom. The number of hydrogen-bond donors (Lipinski definition) is 1. The molecule has 0 aromatic heterocycles. The summed E-state index contributed by atoms with van der Waals surface area (Å²) >= 11 is 11.9. The molecule has 0 atom stereocenters. The van der Waals surface area contributed by atoms with E-state index in [0.717, 1.165) is 14.0 Å². The third kappa shape index (κ3) is 3.14. The number of rotatable bonds is 3. The molecule has 13 heavy (non-hydrogen) atoms. The Balaban J connectivity index is 2.89. The first-order valence-corrected chi connectivity index (χ1v) is 5.75. The van der Waals surface area contributed by atoms with Crippen LogP contribution in [0.4, 0.5) is 0 Å². The van der Waals surface area contributed by atoms with Gasteiger partial charge in [0.25, 0.3) is 0 Å². The highest BCUT2D eigenvalue weighted by molar-refractivity contribution is 14.1. The van der Waals surface area contributed by atoms with E-state index in [1.54, 1.807) is 0 Å². The minimum atomic E-state index is 0.0403. The smallest absolute Gasteiger partial charge is 0.151 e. The van der Waals surface area contributed by atoms with Gasteiger partial charge < -0.3 is 0 Å². The van der Waals surface area contributed by atoms with E-state index in [4.69, 9.17) is 11.6 Å². The molecule has 0 amide bonds. The highest BCUT2D eigenvalue weighted by atomic mass is 127. The van der Waals surface area contributed by atoms with Crippen LogP contribution >= 0.6 is 46.8 Å². The monoisotopic (exact) mass is 326 g/mol. The van der Waals surface area contributed by atoms with E-state index < -0.39 is 0 Å². The molecule has 0 unspecified atom stereocenters.